The highest BCUT2D eigenvalue weighted by Crippen LogP contribution is 2.37. The summed E-state index contributed by atoms with van der Waals surface area (Å²) in [6.07, 6.45) is 2.92. The van der Waals surface area contributed by atoms with Crippen LogP contribution in [0.1, 0.15) is 22.8 Å². The highest BCUT2D eigenvalue weighted by atomic mass is 32.1. The summed E-state index contributed by atoms with van der Waals surface area (Å²) in [5, 5.41) is 15.8. The first kappa shape index (κ1) is 24.5. The number of nitro benzene ring substituents is 1. The fourth-order valence-electron chi connectivity index (χ4n) is 3.14. The van der Waals surface area contributed by atoms with Gasteiger partial charge in [-0.3, -0.25) is 14.9 Å². The van der Waals surface area contributed by atoms with Crippen LogP contribution in [0.4, 0.5) is 10.7 Å². The molecule has 1 N–H and O–H groups in total. The number of carbonyl (C=O) groups excluding carboxylic acids is 2. The third-order valence-electron chi connectivity index (χ3n) is 4.71. The zero-order valence-electron chi connectivity index (χ0n) is 18.7. The predicted molar refractivity (Wildman–Crippen MR) is 130 cm³/mol. The SMILES string of the molecule is CCOC(=O)c1c(-c2cccc([N+](=O)[O-])c2)csc1NC(=O)C=Cc1ccc(OC)c(OC)c1. The standard InChI is InChI=1S/C24H22N2O7S/c1-4-33-24(28)22-18(16-6-5-7-17(13-16)26(29)30)14-34-23(22)25-21(27)11-9-15-8-10-19(31-2)20(12-15)32-3/h5-14H,4H2,1-3H3,(H,25,27). The van der Waals surface area contributed by atoms with Crippen molar-refractivity contribution in [2.24, 2.45) is 0 Å². The Kier molecular flexibility index (Phi) is 7.99. The van der Waals surface area contributed by atoms with Crippen molar-refractivity contribution in [2.75, 3.05) is 26.1 Å². The quantitative estimate of drug-likeness (QED) is 0.193. The molecule has 0 saturated carbocycles. The van der Waals surface area contributed by atoms with Crippen molar-refractivity contribution < 1.29 is 28.7 Å². The second-order valence-electron chi connectivity index (χ2n) is 6.82. The molecule has 0 aliphatic carbocycles. The van der Waals surface area contributed by atoms with E-state index in [0.717, 1.165) is 11.3 Å². The number of nitro groups is 1. The van der Waals surface area contributed by atoms with E-state index < -0.39 is 16.8 Å². The molecule has 34 heavy (non-hydrogen) atoms. The van der Waals surface area contributed by atoms with Gasteiger partial charge in [0.05, 0.1) is 25.7 Å². The van der Waals surface area contributed by atoms with Crippen LogP contribution in [0.25, 0.3) is 17.2 Å². The maximum atomic E-state index is 12.7. The Balaban J connectivity index is 1.89. The van der Waals surface area contributed by atoms with Gasteiger partial charge in [-0.1, -0.05) is 18.2 Å². The van der Waals surface area contributed by atoms with Crippen LogP contribution in [-0.4, -0.2) is 37.6 Å². The number of amides is 1. The molecule has 1 heterocycles. The fraction of sp³-hybridized carbons (Fsp3) is 0.167. The Morgan fingerprint density at radius 1 is 1.12 bits per heavy atom. The summed E-state index contributed by atoms with van der Waals surface area (Å²) in [5.41, 5.74) is 1.64. The lowest BCUT2D eigenvalue weighted by Crippen LogP contribution is -2.12. The van der Waals surface area contributed by atoms with Crippen LogP contribution in [0.5, 0.6) is 11.5 Å². The summed E-state index contributed by atoms with van der Waals surface area (Å²) in [6.45, 7) is 1.80. The average Bonchev–Trinajstić information content (AvgIpc) is 3.26. The van der Waals surface area contributed by atoms with Gasteiger partial charge in [-0.15, -0.1) is 11.3 Å². The minimum absolute atomic E-state index is 0.109. The van der Waals surface area contributed by atoms with Gasteiger partial charge >= 0.3 is 5.97 Å². The Hall–Kier alpha value is -4.18. The van der Waals surface area contributed by atoms with E-state index in [2.05, 4.69) is 5.32 Å². The lowest BCUT2D eigenvalue weighted by molar-refractivity contribution is -0.384. The summed E-state index contributed by atoms with van der Waals surface area (Å²) in [4.78, 5) is 35.9. The van der Waals surface area contributed by atoms with E-state index >= 15 is 0 Å². The Labute approximate surface area is 199 Å². The summed E-state index contributed by atoms with van der Waals surface area (Å²) in [6, 6.07) is 11.1. The molecule has 1 aromatic heterocycles. The lowest BCUT2D eigenvalue weighted by Gasteiger charge is -2.08. The van der Waals surface area contributed by atoms with Gasteiger partial charge in [-0.2, -0.15) is 0 Å². The molecule has 0 unspecified atom stereocenters. The number of hydrogen-bond acceptors (Lipinski definition) is 8. The van der Waals surface area contributed by atoms with Crippen molar-refractivity contribution in [1.29, 1.82) is 0 Å². The number of carbonyl (C=O) groups is 2. The highest BCUT2D eigenvalue weighted by Gasteiger charge is 2.23. The molecule has 3 rings (SSSR count). The number of thiophene rings is 1. The molecule has 0 bridgehead atoms. The van der Waals surface area contributed by atoms with E-state index in [4.69, 9.17) is 14.2 Å². The molecule has 10 heteroatoms. The fourth-order valence-corrected chi connectivity index (χ4v) is 4.10. The van der Waals surface area contributed by atoms with Gasteiger partial charge in [0, 0.05) is 29.2 Å². The van der Waals surface area contributed by atoms with Gasteiger partial charge in [-0.25, -0.2) is 4.79 Å². The number of non-ortho nitro benzene ring substituents is 1. The first-order valence-corrected chi connectivity index (χ1v) is 11.0. The minimum Gasteiger partial charge on any atom is -0.493 e. The smallest absolute Gasteiger partial charge is 0.341 e. The molecular formula is C24H22N2O7S. The zero-order chi connectivity index (χ0) is 24.7. The van der Waals surface area contributed by atoms with Crippen LogP contribution < -0.4 is 14.8 Å². The summed E-state index contributed by atoms with van der Waals surface area (Å²) in [7, 11) is 3.05. The Morgan fingerprint density at radius 3 is 2.56 bits per heavy atom. The summed E-state index contributed by atoms with van der Waals surface area (Å²) in [5.74, 6) is -0.0119. The van der Waals surface area contributed by atoms with E-state index in [9.17, 15) is 19.7 Å². The van der Waals surface area contributed by atoms with E-state index in [1.807, 2.05) is 0 Å². The number of anilines is 1. The first-order chi connectivity index (χ1) is 16.4. The van der Waals surface area contributed by atoms with Crippen molar-refractivity contribution in [1.82, 2.24) is 0 Å². The summed E-state index contributed by atoms with van der Waals surface area (Å²) < 4.78 is 15.6. The monoisotopic (exact) mass is 482 g/mol. The largest absolute Gasteiger partial charge is 0.493 e. The minimum atomic E-state index is -0.635. The van der Waals surface area contributed by atoms with E-state index in [1.165, 1.54) is 38.5 Å². The van der Waals surface area contributed by atoms with Crippen molar-refractivity contribution >= 4 is 40.0 Å². The number of nitrogens with zero attached hydrogens (tertiary/aromatic N) is 1. The molecule has 0 saturated heterocycles. The van der Waals surface area contributed by atoms with Gasteiger partial charge in [0.2, 0.25) is 5.91 Å². The lowest BCUT2D eigenvalue weighted by atomic mass is 10.0. The van der Waals surface area contributed by atoms with Crippen LogP contribution in [0.3, 0.4) is 0 Å². The normalized spacial score (nSPS) is 10.7. The molecule has 0 fully saturated rings. The van der Waals surface area contributed by atoms with Crippen LogP contribution in [0, 0.1) is 10.1 Å². The van der Waals surface area contributed by atoms with Crippen LogP contribution in [-0.2, 0) is 9.53 Å². The molecule has 0 aliphatic rings. The molecular weight excluding hydrogens is 460 g/mol. The van der Waals surface area contributed by atoms with Gasteiger partial charge in [-0.05, 0) is 36.3 Å². The zero-order valence-corrected chi connectivity index (χ0v) is 19.5. The van der Waals surface area contributed by atoms with Gasteiger partial charge in [0.1, 0.15) is 10.6 Å². The van der Waals surface area contributed by atoms with Crippen LogP contribution in [0.2, 0.25) is 0 Å². The number of esters is 1. The van der Waals surface area contributed by atoms with Crippen LogP contribution >= 0.6 is 11.3 Å². The molecule has 0 aliphatic heterocycles. The molecule has 2 aromatic carbocycles. The number of benzene rings is 2. The van der Waals surface area contributed by atoms with Crippen molar-refractivity contribution in [2.45, 2.75) is 6.92 Å². The van der Waals surface area contributed by atoms with Gasteiger partial charge in [0.15, 0.2) is 11.5 Å². The van der Waals surface area contributed by atoms with E-state index in [1.54, 1.807) is 42.6 Å². The third kappa shape index (κ3) is 5.59. The Bertz CT molecular complexity index is 1250. The second kappa shape index (κ2) is 11.1. The van der Waals surface area contributed by atoms with E-state index in [0.29, 0.717) is 28.2 Å². The highest BCUT2D eigenvalue weighted by molar-refractivity contribution is 7.15. The molecule has 176 valence electrons. The predicted octanol–water partition coefficient (Wildman–Crippen LogP) is 5.17. The average molecular weight is 483 g/mol. The number of methoxy groups -OCH3 is 2. The number of nitrogens with one attached hydrogen (secondary N) is 1. The molecule has 0 atom stereocenters. The second-order valence-corrected chi connectivity index (χ2v) is 7.70. The molecule has 3 aromatic rings. The van der Waals surface area contributed by atoms with Crippen molar-refractivity contribution in [3.8, 4) is 22.6 Å². The van der Waals surface area contributed by atoms with Gasteiger partial charge < -0.3 is 19.5 Å². The maximum absolute atomic E-state index is 12.7. The number of ether oxygens (including phenoxy) is 3. The molecule has 0 radical (unpaired) electrons. The third-order valence-corrected chi connectivity index (χ3v) is 5.61. The van der Waals surface area contributed by atoms with Crippen molar-refractivity contribution in [3.63, 3.8) is 0 Å². The molecule has 1 amide bonds. The number of hydrogen-bond donors (Lipinski definition) is 1. The topological polar surface area (TPSA) is 117 Å². The maximum Gasteiger partial charge on any atom is 0.341 e. The summed E-state index contributed by atoms with van der Waals surface area (Å²) >= 11 is 1.13. The molecule has 0 spiro atoms. The van der Waals surface area contributed by atoms with E-state index in [-0.39, 0.29) is 22.9 Å². The van der Waals surface area contributed by atoms with Crippen LogP contribution in [0.15, 0.2) is 53.9 Å². The van der Waals surface area contributed by atoms with Gasteiger partial charge in [0.25, 0.3) is 5.69 Å². The van der Waals surface area contributed by atoms with Crippen molar-refractivity contribution in [3.05, 3.63) is 75.2 Å². The Morgan fingerprint density at radius 2 is 1.88 bits per heavy atom. The number of rotatable bonds is 9. The molecule has 9 nitrogen and oxygen atoms in total. The first-order valence-electron chi connectivity index (χ1n) is 10.1.